The summed E-state index contributed by atoms with van der Waals surface area (Å²) in [4.78, 5) is 12.1. The van der Waals surface area contributed by atoms with Crippen molar-refractivity contribution < 1.29 is 14.6 Å². The Hall–Kier alpha value is -2.01. The van der Waals surface area contributed by atoms with Crippen LogP contribution in [0.2, 0.25) is 0 Å². The van der Waals surface area contributed by atoms with Crippen LogP contribution in [0.15, 0.2) is 42.5 Å². The molecule has 0 atom stereocenters. The average molecular weight is 350 g/mol. The average Bonchev–Trinajstić information content (AvgIpc) is 2.49. The molecule has 0 aromatic heterocycles. The predicted molar refractivity (Wildman–Crippen MR) is 86.3 cm³/mol. The van der Waals surface area contributed by atoms with Crippen molar-refractivity contribution in [3.05, 3.63) is 53.6 Å². The zero-order chi connectivity index (χ0) is 15.2. The molecule has 0 spiro atoms. The number of anilines is 1. The summed E-state index contributed by atoms with van der Waals surface area (Å²) in [7, 11) is 0. The molecule has 1 amide bonds. The first-order valence-electron chi connectivity index (χ1n) is 6.56. The molecule has 5 heteroatoms. The number of alkyl halides is 1. The van der Waals surface area contributed by atoms with E-state index in [4.69, 9.17) is 4.74 Å². The summed E-state index contributed by atoms with van der Waals surface area (Å²) in [6.45, 7) is 2.51. The monoisotopic (exact) mass is 349 g/mol. The second kappa shape index (κ2) is 7.13. The number of carbonyl (C=O) groups is 1. The number of amides is 1. The van der Waals surface area contributed by atoms with E-state index in [1.54, 1.807) is 24.3 Å². The Labute approximate surface area is 131 Å². The predicted octanol–water partition coefficient (Wildman–Crippen LogP) is 3.94. The van der Waals surface area contributed by atoms with Crippen LogP contribution in [0.25, 0.3) is 0 Å². The van der Waals surface area contributed by atoms with E-state index in [-0.39, 0.29) is 17.2 Å². The molecule has 0 bridgehead atoms. The molecule has 0 radical (unpaired) electrons. The van der Waals surface area contributed by atoms with Crippen molar-refractivity contribution >= 4 is 27.5 Å². The van der Waals surface area contributed by atoms with Crippen LogP contribution in [0.1, 0.15) is 22.8 Å². The number of phenols is 1. The van der Waals surface area contributed by atoms with Gasteiger partial charge in [0.1, 0.15) is 11.5 Å². The van der Waals surface area contributed by atoms with E-state index in [0.29, 0.717) is 17.6 Å². The first-order valence-corrected chi connectivity index (χ1v) is 7.69. The van der Waals surface area contributed by atoms with Gasteiger partial charge in [0.25, 0.3) is 5.91 Å². The number of hydrogen-bond acceptors (Lipinski definition) is 3. The molecule has 0 aliphatic heterocycles. The second-order valence-corrected chi connectivity index (χ2v) is 4.92. The minimum Gasteiger partial charge on any atom is -0.507 e. The lowest BCUT2D eigenvalue weighted by atomic mass is 10.1. The van der Waals surface area contributed by atoms with Crippen LogP contribution in [0.3, 0.4) is 0 Å². The van der Waals surface area contributed by atoms with Gasteiger partial charge >= 0.3 is 0 Å². The third-order valence-corrected chi connectivity index (χ3v) is 3.51. The number of hydrogen-bond donors (Lipinski definition) is 2. The van der Waals surface area contributed by atoms with E-state index < -0.39 is 0 Å². The fourth-order valence-electron chi connectivity index (χ4n) is 1.92. The van der Waals surface area contributed by atoms with E-state index in [0.717, 1.165) is 11.3 Å². The zero-order valence-electron chi connectivity index (χ0n) is 11.6. The highest BCUT2D eigenvalue weighted by Gasteiger charge is 2.11. The van der Waals surface area contributed by atoms with Crippen molar-refractivity contribution in [2.75, 3.05) is 11.9 Å². The molecular formula is C16H16BrNO3. The van der Waals surface area contributed by atoms with Gasteiger partial charge in [-0.3, -0.25) is 4.79 Å². The molecule has 0 aliphatic rings. The molecule has 0 saturated carbocycles. The smallest absolute Gasteiger partial charge is 0.259 e. The molecule has 2 aromatic rings. The summed E-state index contributed by atoms with van der Waals surface area (Å²) in [5.74, 6) is 0.398. The van der Waals surface area contributed by atoms with Gasteiger partial charge in [0.2, 0.25) is 0 Å². The van der Waals surface area contributed by atoms with Gasteiger partial charge in [-0.1, -0.05) is 28.1 Å². The molecule has 0 fully saturated rings. The van der Waals surface area contributed by atoms with Crippen molar-refractivity contribution in [1.82, 2.24) is 0 Å². The molecule has 0 aliphatic carbocycles. The number of para-hydroxylation sites is 1. The van der Waals surface area contributed by atoms with Crippen molar-refractivity contribution in [3.8, 4) is 11.5 Å². The van der Waals surface area contributed by atoms with E-state index in [1.807, 2.05) is 19.1 Å². The standard InChI is InChI=1S/C16H16BrNO3/c1-2-21-15-8-7-12(9-11(15)10-17)18-16(20)13-5-3-4-6-14(13)19/h3-9,19H,2,10H2,1H3,(H,18,20). The maximum absolute atomic E-state index is 12.1. The SMILES string of the molecule is CCOc1ccc(NC(=O)c2ccccc2O)cc1CBr. The van der Waals surface area contributed by atoms with Gasteiger partial charge in [-0.15, -0.1) is 0 Å². The lowest BCUT2D eigenvalue weighted by Gasteiger charge is -2.11. The first kappa shape index (κ1) is 15.4. The van der Waals surface area contributed by atoms with Gasteiger partial charge in [-0.25, -0.2) is 0 Å². The molecule has 21 heavy (non-hydrogen) atoms. The van der Waals surface area contributed by atoms with E-state index in [2.05, 4.69) is 21.2 Å². The third-order valence-electron chi connectivity index (χ3n) is 2.91. The Balaban J connectivity index is 2.20. The molecule has 0 unspecified atom stereocenters. The Bertz CT molecular complexity index is 643. The molecule has 0 saturated heterocycles. The van der Waals surface area contributed by atoms with E-state index >= 15 is 0 Å². The topological polar surface area (TPSA) is 58.6 Å². The van der Waals surface area contributed by atoms with Crippen molar-refractivity contribution in [2.24, 2.45) is 0 Å². The number of nitrogens with one attached hydrogen (secondary N) is 1. The first-order chi connectivity index (χ1) is 10.2. The third kappa shape index (κ3) is 3.76. The Kier molecular flexibility index (Phi) is 5.22. The van der Waals surface area contributed by atoms with E-state index in [9.17, 15) is 9.90 Å². The Morgan fingerprint density at radius 1 is 1.29 bits per heavy atom. The van der Waals surface area contributed by atoms with Crippen LogP contribution in [0, 0.1) is 0 Å². The number of carbonyl (C=O) groups excluding carboxylic acids is 1. The van der Waals surface area contributed by atoms with Crippen molar-refractivity contribution in [2.45, 2.75) is 12.3 Å². The number of ether oxygens (including phenoxy) is 1. The van der Waals surface area contributed by atoms with Crippen molar-refractivity contribution in [1.29, 1.82) is 0 Å². The lowest BCUT2D eigenvalue weighted by molar-refractivity contribution is 0.102. The normalized spacial score (nSPS) is 10.2. The van der Waals surface area contributed by atoms with Gasteiger partial charge in [-0.2, -0.15) is 0 Å². The maximum atomic E-state index is 12.1. The summed E-state index contributed by atoms with van der Waals surface area (Å²) < 4.78 is 5.51. The van der Waals surface area contributed by atoms with Crippen LogP contribution < -0.4 is 10.1 Å². The number of phenolic OH excluding ortho intramolecular Hbond substituents is 1. The number of aromatic hydroxyl groups is 1. The van der Waals surface area contributed by atoms with Gasteiger partial charge in [0.15, 0.2) is 0 Å². The van der Waals surface area contributed by atoms with E-state index in [1.165, 1.54) is 6.07 Å². The molecule has 0 heterocycles. The van der Waals surface area contributed by atoms with Crippen LogP contribution in [0.4, 0.5) is 5.69 Å². The Morgan fingerprint density at radius 2 is 2.05 bits per heavy atom. The van der Waals surface area contributed by atoms with Crippen LogP contribution >= 0.6 is 15.9 Å². The largest absolute Gasteiger partial charge is 0.507 e. The quantitative estimate of drug-likeness (QED) is 0.803. The maximum Gasteiger partial charge on any atom is 0.259 e. The molecule has 110 valence electrons. The van der Waals surface area contributed by atoms with Gasteiger partial charge in [0.05, 0.1) is 12.2 Å². The minimum atomic E-state index is -0.349. The van der Waals surface area contributed by atoms with Gasteiger partial charge in [0, 0.05) is 16.6 Å². The van der Waals surface area contributed by atoms with Crippen LogP contribution in [0.5, 0.6) is 11.5 Å². The molecule has 4 nitrogen and oxygen atoms in total. The molecule has 2 aromatic carbocycles. The summed E-state index contributed by atoms with van der Waals surface area (Å²) in [6.07, 6.45) is 0. The highest BCUT2D eigenvalue weighted by Crippen LogP contribution is 2.26. The van der Waals surface area contributed by atoms with Crippen LogP contribution in [-0.2, 0) is 5.33 Å². The summed E-state index contributed by atoms with van der Waals surface area (Å²) in [5, 5.41) is 13.1. The number of benzene rings is 2. The van der Waals surface area contributed by atoms with Crippen LogP contribution in [-0.4, -0.2) is 17.6 Å². The summed E-state index contributed by atoms with van der Waals surface area (Å²) in [6, 6.07) is 11.9. The Morgan fingerprint density at radius 3 is 2.71 bits per heavy atom. The van der Waals surface area contributed by atoms with Gasteiger partial charge < -0.3 is 15.2 Å². The number of rotatable bonds is 5. The fraction of sp³-hybridized carbons (Fsp3) is 0.188. The zero-order valence-corrected chi connectivity index (χ0v) is 13.2. The van der Waals surface area contributed by atoms with Crippen molar-refractivity contribution in [3.63, 3.8) is 0 Å². The lowest BCUT2D eigenvalue weighted by Crippen LogP contribution is -2.12. The number of halogens is 1. The van der Waals surface area contributed by atoms with Gasteiger partial charge in [-0.05, 0) is 37.3 Å². The highest BCUT2D eigenvalue weighted by molar-refractivity contribution is 9.08. The summed E-state index contributed by atoms with van der Waals surface area (Å²) >= 11 is 3.40. The highest BCUT2D eigenvalue weighted by atomic mass is 79.9. The molecular weight excluding hydrogens is 334 g/mol. The molecule has 2 rings (SSSR count). The fourth-order valence-corrected chi connectivity index (χ4v) is 2.36. The minimum absolute atomic E-state index is 0.0401. The molecule has 2 N–H and O–H groups in total. The summed E-state index contributed by atoms with van der Waals surface area (Å²) in [5.41, 5.74) is 1.85. The second-order valence-electron chi connectivity index (χ2n) is 4.36.